The lowest BCUT2D eigenvalue weighted by molar-refractivity contribution is 0.0291. The van der Waals surface area contributed by atoms with Gasteiger partial charge in [0.15, 0.2) is 0 Å². The van der Waals surface area contributed by atoms with Crippen LogP contribution in [0, 0.1) is 11.6 Å². The lowest BCUT2D eigenvalue weighted by Gasteiger charge is -2.38. The molecule has 0 aromatic heterocycles. The summed E-state index contributed by atoms with van der Waals surface area (Å²) in [5.74, 6) is -1.82. The van der Waals surface area contributed by atoms with Crippen LogP contribution in [-0.4, -0.2) is 62.1 Å². The van der Waals surface area contributed by atoms with Crippen LogP contribution in [0.3, 0.4) is 0 Å². The number of piperidine rings is 1. The Hall–Kier alpha value is -1.09. The van der Waals surface area contributed by atoms with Gasteiger partial charge in [-0.15, -0.1) is 0 Å². The summed E-state index contributed by atoms with van der Waals surface area (Å²) in [6.07, 6.45) is -0.454. The largest absolute Gasteiger partial charge is 0.390 e. The van der Waals surface area contributed by atoms with E-state index in [0.29, 0.717) is 12.5 Å². The maximum Gasteiger partial charge on any atom is 0.246 e. The SMILES string of the molecule is CN(C)[C@H]1CCN(S(=O)(=O)c2cc(F)ccc2F)C[C@@H]1O. The number of nitrogens with zero attached hydrogens (tertiary/aromatic N) is 2. The van der Waals surface area contributed by atoms with Crippen molar-refractivity contribution in [3.8, 4) is 0 Å². The molecule has 2 rings (SSSR count). The van der Waals surface area contributed by atoms with Crippen LogP contribution in [-0.2, 0) is 10.0 Å². The van der Waals surface area contributed by atoms with E-state index in [1.165, 1.54) is 0 Å². The molecule has 8 heteroatoms. The Balaban J connectivity index is 2.27. The van der Waals surface area contributed by atoms with Crippen LogP contribution < -0.4 is 0 Å². The fourth-order valence-electron chi connectivity index (χ4n) is 2.52. The topological polar surface area (TPSA) is 60.9 Å². The summed E-state index contributed by atoms with van der Waals surface area (Å²) in [6, 6.07) is 2.15. The van der Waals surface area contributed by atoms with Gasteiger partial charge in [-0.25, -0.2) is 17.2 Å². The van der Waals surface area contributed by atoms with Crippen molar-refractivity contribution < 1.29 is 22.3 Å². The van der Waals surface area contributed by atoms with Gasteiger partial charge in [0.1, 0.15) is 16.5 Å². The second-order valence-electron chi connectivity index (χ2n) is 5.32. The van der Waals surface area contributed by atoms with Crippen LogP contribution in [0.2, 0.25) is 0 Å². The van der Waals surface area contributed by atoms with Crippen LogP contribution in [0.15, 0.2) is 23.1 Å². The van der Waals surface area contributed by atoms with Gasteiger partial charge in [-0.05, 0) is 38.7 Å². The van der Waals surface area contributed by atoms with E-state index in [4.69, 9.17) is 0 Å². The van der Waals surface area contributed by atoms with Gasteiger partial charge >= 0.3 is 0 Å². The first-order valence-corrected chi connectivity index (χ1v) is 7.97. The molecule has 1 fully saturated rings. The highest BCUT2D eigenvalue weighted by Gasteiger charge is 2.36. The van der Waals surface area contributed by atoms with Gasteiger partial charge in [-0.2, -0.15) is 4.31 Å². The smallest absolute Gasteiger partial charge is 0.246 e. The van der Waals surface area contributed by atoms with Crippen molar-refractivity contribution in [1.29, 1.82) is 0 Å². The molecule has 0 amide bonds. The molecule has 0 bridgehead atoms. The molecular formula is C13H18F2N2O3S. The van der Waals surface area contributed by atoms with E-state index < -0.39 is 32.7 Å². The molecule has 5 nitrogen and oxygen atoms in total. The molecule has 0 spiro atoms. The predicted octanol–water partition coefficient (Wildman–Crippen LogP) is 0.650. The first-order chi connectivity index (χ1) is 9.73. The lowest BCUT2D eigenvalue weighted by atomic mass is 10.0. The summed E-state index contributed by atoms with van der Waals surface area (Å²) in [6.45, 7) is 0.0132. The number of rotatable bonds is 3. The second kappa shape index (κ2) is 5.96. The van der Waals surface area contributed by atoms with Gasteiger partial charge in [0.25, 0.3) is 0 Å². The van der Waals surface area contributed by atoms with E-state index in [9.17, 15) is 22.3 Å². The first-order valence-electron chi connectivity index (χ1n) is 6.53. The van der Waals surface area contributed by atoms with Crippen molar-refractivity contribution in [3.63, 3.8) is 0 Å². The number of halogens is 2. The van der Waals surface area contributed by atoms with E-state index in [1.54, 1.807) is 14.1 Å². The van der Waals surface area contributed by atoms with E-state index >= 15 is 0 Å². The third-order valence-electron chi connectivity index (χ3n) is 3.68. The number of sulfonamides is 1. The average molecular weight is 320 g/mol. The minimum absolute atomic E-state index is 0.138. The van der Waals surface area contributed by atoms with Gasteiger partial charge in [0.05, 0.1) is 6.10 Å². The Labute approximate surface area is 122 Å². The Morgan fingerprint density at radius 1 is 1.33 bits per heavy atom. The van der Waals surface area contributed by atoms with E-state index in [2.05, 4.69) is 0 Å². The van der Waals surface area contributed by atoms with Gasteiger partial charge in [0.2, 0.25) is 10.0 Å². The molecule has 0 radical (unpaired) electrons. The highest BCUT2D eigenvalue weighted by Crippen LogP contribution is 2.25. The summed E-state index contributed by atoms with van der Waals surface area (Å²) in [5.41, 5.74) is 0. The minimum Gasteiger partial charge on any atom is -0.390 e. The zero-order valence-corrected chi connectivity index (χ0v) is 12.6. The molecule has 1 aromatic rings. The highest BCUT2D eigenvalue weighted by molar-refractivity contribution is 7.89. The van der Waals surface area contributed by atoms with E-state index in [1.807, 2.05) is 4.90 Å². The van der Waals surface area contributed by atoms with Crippen LogP contribution in [0.5, 0.6) is 0 Å². The molecule has 21 heavy (non-hydrogen) atoms. The van der Waals surface area contributed by atoms with Crippen LogP contribution in [0.4, 0.5) is 8.78 Å². The molecule has 0 saturated carbocycles. The minimum atomic E-state index is -4.16. The number of likely N-dealkylation sites (N-methyl/N-ethyl adjacent to an activating group) is 1. The van der Waals surface area contributed by atoms with Gasteiger partial charge in [-0.1, -0.05) is 0 Å². The Morgan fingerprint density at radius 3 is 2.57 bits per heavy atom. The average Bonchev–Trinajstić information content (AvgIpc) is 2.40. The number of benzene rings is 1. The molecule has 1 saturated heterocycles. The van der Waals surface area contributed by atoms with Gasteiger partial charge in [-0.3, -0.25) is 0 Å². The predicted molar refractivity (Wildman–Crippen MR) is 73.2 cm³/mol. The van der Waals surface area contributed by atoms with Crippen molar-refractivity contribution in [2.24, 2.45) is 0 Å². The Morgan fingerprint density at radius 2 is 2.00 bits per heavy atom. The third-order valence-corrected chi connectivity index (χ3v) is 5.56. The summed E-state index contributed by atoms with van der Waals surface area (Å²) in [5, 5.41) is 10.0. The summed E-state index contributed by atoms with van der Waals surface area (Å²) in [7, 11) is -0.566. The maximum absolute atomic E-state index is 13.7. The van der Waals surface area contributed by atoms with Crippen molar-refractivity contribution in [2.75, 3.05) is 27.2 Å². The fourth-order valence-corrected chi connectivity index (χ4v) is 4.07. The number of hydrogen-bond donors (Lipinski definition) is 1. The molecule has 1 aliphatic heterocycles. The molecule has 1 heterocycles. The normalized spacial score (nSPS) is 24.5. The number of hydrogen-bond acceptors (Lipinski definition) is 4. The van der Waals surface area contributed by atoms with Crippen LogP contribution in [0.25, 0.3) is 0 Å². The fraction of sp³-hybridized carbons (Fsp3) is 0.538. The lowest BCUT2D eigenvalue weighted by Crippen LogP contribution is -2.53. The molecule has 2 atom stereocenters. The number of aliphatic hydroxyl groups is 1. The van der Waals surface area contributed by atoms with Gasteiger partial charge < -0.3 is 10.0 Å². The monoisotopic (exact) mass is 320 g/mol. The zero-order chi connectivity index (χ0) is 15.8. The number of β-amino-alcohol motifs (C(OH)–C–C–N with tert-alkyl or cyclic N) is 1. The molecule has 118 valence electrons. The number of aliphatic hydroxyl groups excluding tert-OH is 1. The quantitative estimate of drug-likeness (QED) is 0.888. The molecule has 0 aliphatic carbocycles. The highest BCUT2D eigenvalue weighted by atomic mass is 32.2. The van der Waals surface area contributed by atoms with Crippen molar-refractivity contribution in [3.05, 3.63) is 29.8 Å². The molecular weight excluding hydrogens is 302 g/mol. The van der Waals surface area contributed by atoms with Crippen molar-refractivity contribution in [1.82, 2.24) is 9.21 Å². The van der Waals surface area contributed by atoms with Gasteiger partial charge in [0, 0.05) is 19.1 Å². The van der Waals surface area contributed by atoms with Crippen molar-refractivity contribution in [2.45, 2.75) is 23.5 Å². The molecule has 1 aliphatic rings. The zero-order valence-electron chi connectivity index (χ0n) is 11.8. The Kier molecular flexibility index (Phi) is 4.62. The summed E-state index contributed by atoms with van der Waals surface area (Å²) < 4.78 is 52.6. The molecule has 1 N–H and O–H groups in total. The van der Waals surface area contributed by atoms with Crippen LogP contribution >= 0.6 is 0 Å². The van der Waals surface area contributed by atoms with Crippen LogP contribution in [0.1, 0.15) is 6.42 Å². The molecule has 0 unspecified atom stereocenters. The standard InChI is InChI=1S/C13H18F2N2O3S/c1-16(2)11-5-6-17(8-12(11)18)21(19,20)13-7-9(14)3-4-10(13)15/h3-4,7,11-12,18H,5-6,8H2,1-2H3/t11-,12-/m0/s1. The molecule has 1 aromatic carbocycles. The van der Waals surface area contributed by atoms with Crippen molar-refractivity contribution >= 4 is 10.0 Å². The third kappa shape index (κ3) is 3.23. The van der Waals surface area contributed by atoms with E-state index in [-0.39, 0.29) is 19.1 Å². The Bertz CT molecular complexity index is 622. The maximum atomic E-state index is 13.7. The first kappa shape index (κ1) is 16.3. The summed E-state index contributed by atoms with van der Waals surface area (Å²) in [4.78, 5) is 1.12. The van der Waals surface area contributed by atoms with E-state index in [0.717, 1.165) is 16.4 Å². The summed E-state index contributed by atoms with van der Waals surface area (Å²) >= 11 is 0. The second-order valence-corrected chi connectivity index (χ2v) is 7.23.